The van der Waals surface area contributed by atoms with Crippen LogP contribution in [0.2, 0.25) is 5.02 Å². The van der Waals surface area contributed by atoms with Crippen LogP contribution in [0.4, 0.5) is 0 Å². The average Bonchev–Trinajstić information content (AvgIpc) is 2.42. The van der Waals surface area contributed by atoms with Crippen molar-refractivity contribution < 1.29 is 9.59 Å². The van der Waals surface area contributed by atoms with Crippen LogP contribution in [-0.4, -0.2) is 18.4 Å². The minimum absolute atomic E-state index is 0.251. The standard InChI is InChI=1S/C14H19ClN2O2/c1-2-3-6-9-16-13(18)14(19)17-10-11-7-4-5-8-12(11)15/h4-5,7-8H,2-3,6,9-10H2,1H3,(H,16,18)(H,17,19). The zero-order chi connectivity index (χ0) is 14.1. The van der Waals surface area contributed by atoms with E-state index in [1.807, 2.05) is 18.2 Å². The summed E-state index contributed by atoms with van der Waals surface area (Å²) < 4.78 is 0. The Balaban J connectivity index is 2.31. The van der Waals surface area contributed by atoms with Gasteiger partial charge in [0.05, 0.1) is 0 Å². The summed E-state index contributed by atoms with van der Waals surface area (Å²) in [6.45, 7) is 2.87. The predicted molar refractivity (Wildman–Crippen MR) is 75.8 cm³/mol. The van der Waals surface area contributed by atoms with Crippen molar-refractivity contribution in [1.82, 2.24) is 10.6 Å². The maximum Gasteiger partial charge on any atom is 0.309 e. The first kappa shape index (κ1) is 15.5. The Labute approximate surface area is 118 Å². The molecule has 0 bridgehead atoms. The summed E-state index contributed by atoms with van der Waals surface area (Å²) in [7, 11) is 0. The Morgan fingerprint density at radius 1 is 1.11 bits per heavy atom. The van der Waals surface area contributed by atoms with Crippen molar-refractivity contribution in [1.29, 1.82) is 0 Å². The summed E-state index contributed by atoms with van der Waals surface area (Å²) in [5, 5.41) is 5.70. The zero-order valence-electron chi connectivity index (χ0n) is 11.0. The quantitative estimate of drug-likeness (QED) is 0.621. The molecule has 0 fully saturated rings. The monoisotopic (exact) mass is 282 g/mol. The van der Waals surface area contributed by atoms with E-state index < -0.39 is 11.8 Å². The SMILES string of the molecule is CCCCCNC(=O)C(=O)NCc1ccccc1Cl. The number of hydrogen-bond donors (Lipinski definition) is 2. The number of benzene rings is 1. The third-order valence-corrected chi connectivity index (χ3v) is 3.04. The fourth-order valence-electron chi connectivity index (χ4n) is 1.55. The van der Waals surface area contributed by atoms with Gasteiger partial charge in [-0.25, -0.2) is 0 Å². The molecule has 104 valence electrons. The molecule has 0 heterocycles. The van der Waals surface area contributed by atoms with E-state index in [2.05, 4.69) is 17.6 Å². The van der Waals surface area contributed by atoms with Gasteiger partial charge in [-0.1, -0.05) is 49.6 Å². The summed E-state index contributed by atoms with van der Waals surface area (Å²) in [6.07, 6.45) is 3.01. The Hall–Kier alpha value is -1.55. The van der Waals surface area contributed by atoms with Crippen molar-refractivity contribution in [2.45, 2.75) is 32.7 Å². The number of halogens is 1. The second kappa shape index (κ2) is 8.53. The normalized spacial score (nSPS) is 10.0. The molecule has 2 amide bonds. The molecule has 1 rings (SSSR count). The molecule has 1 aromatic rings. The van der Waals surface area contributed by atoms with Gasteiger partial charge >= 0.3 is 11.8 Å². The fraction of sp³-hybridized carbons (Fsp3) is 0.429. The molecule has 0 atom stereocenters. The number of carbonyl (C=O) groups excluding carboxylic acids is 2. The Bertz CT molecular complexity index is 435. The van der Waals surface area contributed by atoms with Gasteiger partial charge in [-0.3, -0.25) is 9.59 Å². The van der Waals surface area contributed by atoms with Crippen molar-refractivity contribution in [3.63, 3.8) is 0 Å². The van der Waals surface area contributed by atoms with Gasteiger partial charge in [0.2, 0.25) is 0 Å². The van der Waals surface area contributed by atoms with E-state index in [4.69, 9.17) is 11.6 Å². The summed E-state index contributed by atoms with van der Waals surface area (Å²) in [6, 6.07) is 7.20. The predicted octanol–water partition coefficient (Wildman–Crippen LogP) is 2.26. The van der Waals surface area contributed by atoms with E-state index in [1.165, 1.54) is 0 Å². The Kier molecular flexibility index (Phi) is 6.97. The lowest BCUT2D eigenvalue weighted by molar-refractivity contribution is -0.139. The van der Waals surface area contributed by atoms with E-state index in [-0.39, 0.29) is 6.54 Å². The van der Waals surface area contributed by atoms with E-state index in [1.54, 1.807) is 6.07 Å². The highest BCUT2D eigenvalue weighted by Gasteiger charge is 2.12. The number of amides is 2. The van der Waals surface area contributed by atoms with Gasteiger partial charge in [-0.15, -0.1) is 0 Å². The molecule has 0 aromatic heterocycles. The molecule has 0 aliphatic heterocycles. The molecule has 5 heteroatoms. The number of hydrogen-bond acceptors (Lipinski definition) is 2. The van der Waals surface area contributed by atoms with Gasteiger partial charge in [-0.05, 0) is 18.1 Å². The second-order valence-electron chi connectivity index (χ2n) is 4.24. The molecular formula is C14H19ClN2O2. The first-order valence-electron chi connectivity index (χ1n) is 6.44. The maximum atomic E-state index is 11.5. The number of rotatable bonds is 6. The van der Waals surface area contributed by atoms with E-state index in [0.717, 1.165) is 24.8 Å². The Morgan fingerprint density at radius 3 is 2.47 bits per heavy atom. The molecule has 0 unspecified atom stereocenters. The lowest BCUT2D eigenvalue weighted by Gasteiger charge is -2.07. The molecule has 0 spiro atoms. The summed E-state index contributed by atoms with van der Waals surface area (Å²) in [4.78, 5) is 23.0. The van der Waals surface area contributed by atoms with Gasteiger partial charge in [0.15, 0.2) is 0 Å². The van der Waals surface area contributed by atoms with Gasteiger partial charge in [0, 0.05) is 18.1 Å². The van der Waals surface area contributed by atoms with Crippen LogP contribution < -0.4 is 10.6 Å². The van der Waals surface area contributed by atoms with E-state index in [9.17, 15) is 9.59 Å². The van der Waals surface area contributed by atoms with Crippen LogP contribution in [0.1, 0.15) is 31.7 Å². The molecule has 2 N–H and O–H groups in total. The highest BCUT2D eigenvalue weighted by atomic mass is 35.5. The third kappa shape index (κ3) is 5.75. The van der Waals surface area contributed by atoms with Gasteiger partial charge in [-0.2, -0.15) is 0 Å². The first-order chi connectivity index (χ1) is 9.15. The molecular weight excluding hydrogens is 264 g/mol. The van der Waals surface area contributed by atoms with Crippen molar-refractivity contribution >= 4 is 23.4 Å². The zero-order valence-corrected chi connectivity index (χ0v) is 11.8. The summed E-state index contributed by atoms with van der Waals surface area (Å²) in [5.41, 5.74) is 0.788. The molecule has 0 aliphatic carbocycles. The molecule has 19 heavy (non-hydrogen) atoms. The van der Waals surface area contributed by atoms with Crippen molar-refractivity contribution in [2.75, 3.05) is 6.54 Å². The van der Waals surface area contributed by atoms with Crippen LogP contribution in [0.3, 0.4) is 0 Å². The lowest BCUT2D eigenvalue weighted by Crippen LogP contribution is -2.39. The van der Waals surface area contributed by atoms with E-state index >= 15 is 0 Å². The van der Waals surface area contributed by atoms with Crippen LogP contribution in [0.15, 0.2) is 24.3 Å². The number of carbonyl (C=O) groups is 2. The fourth-order valence-corrected chi connectivity index (χ4v) is 1.76. The van der Waals surface area contributed by atoms with Crippen LogP contribution in [0, 0.1) is 0 Å². The molecule has 1 aromatic carbocycles. The first-order valence-corrected chi connectivity index (χ1v) is 6.82. The van der Waals surface area contributed by atoms with Crippen molar-refractivity contribution in [2.24, 2.45) is 0 Å². The smallest absolute Gasteiger partial charge is 0.309 e. The number of nitrogens with one attached hydrogen (secondary N) is 2. The largest absolute Gasteiger partial charge is 0.348 e. The van der Waals surface area contributed by atoms with Crippen molar-refractivity contribution in [3.05, 3.63) is 34.9 Å². The van der Waals surface area contributed by atoms with Crippen LogP contribution in [0.25, 0.3) is 0 Å². The van der Waals surface area contributed by atoms with Crippen LogP contribution in [0.5, 0.6) is 0 Å². The van der Waals surface area contributed by atoms with E-state index in [0.29, 0.717) is 11.6 Å². The minimum atomic E-state index is -0.628. The molecule has 0 radical (unpaired) electrons. The third-order valence-electron chi connectivity index (χ3n) is 2.67. The Morgan fingerprint density at radius 2 is 1.79 bits per heavy atom. The molecule has 0 aliphatic rings. The lowest BCUT2D eigenvalue weighted by atomic mass is 10.2. The number of unbranched alkanes of at least 4 members (excludes halogenated alkanes) is 2. The molecule has 4 nitrogen and oxygen atoms in total. The highest BCUT2D eigenvalue weighted by Crippen LogP contribution is 2.14. The van der Waals surface area contributed by atoms with Gasteiger partial charge in [0.25, 0.3) is 0 Å². The molecule has 0 saturated carbocycles. The van der Waals surface area contributed by atoms with Crippen molar-refractivity contribution in [3.8, 4) is 0 Å². The molecule has 0 saturated heterocycles. The topological polar surface area (TPSA) is 58.2 Å². The summed E-state index contributed by atoms with van der Waals surface area (Å²) >= 11 is 5.95. The average molecular weight is 283 g/mol. The maximum absolute atomic E-state index is 11.5. The summed E-state index contributed by atoms with van der Waals surface area (Å²) in [5.74, 6) is -1.22. The van der Waals surface area contributed by atoms with Gasteiger partial charge in [0.1, 0.15) is 0 Å². The minimum Gasteiger partial charge on any atom is -0.348 e. The van der Waals surface area contributed by atoms with Crippen LogP contribution in [-0.2, 0) is 16.1 Å². The van der Waals surface area contributed by atoms with Crippen LogP contribution >= 0.6 is 11.6 Å². The second-order valence-corrected chi connectivity index (χ2v) is 4.64. The van der Waals surface area contributed by atoms with Gasteiger partial charge < -0.3 is 10.6 Å². The highest BCUT2D eigenvalue weighted by molar-refractivity contribution is 6.35.